The zero-order valence-corrected chi connectivity index (χ0v) is 24.6. The molecule has 2 N–H and O–H groups in total. The molecule has 1 spiro atoms. The summed E-state index contributed by atoms with van der Waals surface area (Å²) in [5.74, 6) is -1.61. The fraction of sp³-hybridized carbons (Fsp3) is 0.485. The average molecular weight is 576 g/mol. The predicted octanol–water partition coefficient (Wildman–Crippen LogP) is 5.45. The number of anilines is 1. The number of fused-ring (bicyclic) bond motifs is 1. The van der Waals surface area contributed by atoms with Gasteiger partial charge < -0.3 is 20.3 Å². The summed E-state index contributed by atoms with van der Waals surface area (Å²) in [5, 5.41) is 6.80. The van der Waals surface area contributed by atoms with Crippen molar-refractivity contribution in [1.29, 1.82) is 0 Å². The van der Waals surface area contributed by atoms with Crippen molar-refractivity contribution < 1.29 is 19.1 Å². The van der Waals surface area contributed by atoms with E-state index in [4.69, 9.17) is 16.3 Å². The maximum absolute atomic E-state index is 14.3. The van der Waals surface area contributed by atoms with Crippen molar-refractivity contribution in [3.05, 3.63) is 76.8 Å². The molecule has 1 aliphatic carbocycles. The van der Waals surface area contributed by atoms with Crippen LogP contribution in [0.5, 0.6) is 0 Å². The molecule has 2 saturated heterocycles. The summed E-state index contributed by atoms with van der Waals surface area (Å²) in [6.45, 7) is 6.56. The Labute approximate surface area is 246 Å². The van der Waals surface area contributed by atoms with Crippen LogP contribution in [0.25, 0.3) is 0 Å². The monoisotopic (exact) mass is 575 g/mol. The van der Waals surface area contributed by atoms with Gasteiger partial charge >= 0.3 is 0 Å². The zero-order chi connectivity index (χ0) is 28.9. The molecule has 41 heavy (non-hydrogen) atoms. The molecule has 3 fully saturated rings. The fourth-order valence-electron chi connectivity index (χ4n) is 7.22. The maximum atomic E-state index is 14.3. The first-order chi connectivity index (χ1) is 19.7. The molecule has 6 rings (SSSR count). The summed E-state index contributed by atoms with van der Waals surface area (Å²) >= 11 is 6.50. The minimum atomic E-state index is -1.21. The van der Waals surface area contributed by atoms with E-state index < -0.39 is 29.6 Å². The van der Waals surface area contributed by atoms with Crippen LogP contribution >= 0.6 is 11.6 Å². The van der Waals surface area contributed by atoms with Gasteiger partial charge in [-0.1, -0.05) is 87.7 Å². The molecule has 3 heterocycles. The van der Waals surface area contributed by atoms with Crippen LogP contribution in [0.4, 0.5) is 5.69 Å². The van der Waals surface area contributed by atoms with E-state index >= 15 is 0 Å². The first kappa shape index (κ1) is 28.0. The Hall–Kier alpha value is -3.16. The van der Waals surface area contributed by atoms with Gasteiger partial charge in [-0.3, -0.25) is 14.4 Å². The van der Waals surface area contributed by atoms with Crippen LogP contribution in [-0.4, -0.2) is 46.4 Å². The summed E-state index contributed by atoms with van der Waals surface area (Å²) in [5.41, 5.74) is 1.37. The van der Waals surface area contributed by atoms with Crippen molar-refractivity contribution in [3.63, 3.8) is 0 Å². The van der Waals surface area contributed by atoms with Crippen LogP contribution in [-0.2, 0) is 25.7 Å². The lowest BCUT2D eigenvalue weighted by atomic mass is 9.74. The van der Waals surface area contributed by atoms with Gasteiger partial charge in [0.1, 0.15) is 11.6 Å². The Morgan fingerprint density at radius 1 is 1.07 bits per heavy atom. The Morgan fingerprint density at radius 2 is 1.80 bits per heavy atom. The number of rotatable bonds is 7. The van der Waals surface area contributed by atoms with Gasteiger partial charge in [0.2, 0.25) is 17.7 Å². The Kier molecular flexibility index (Phi) is 7.45. The Bertz CT molecular complexity index is 1370. The van der Waals surface area contributed by atoms with E-state index in [0.717, 1.165) is 31.2 Å². The highest BCUT2D eigenvalue weighted by Crippen LogP contribution is 2.55. The predicted molar refractivity (Wildman–Crippen MR) is 158 cm³/mol. The Balaban J connectivity index is 1.31. The number of ether oxygens (including phenoxy) is 1. The van der Waals surface area contributed by atoms with Gasteiger partial charge in [-0.05, 0) is 54.0 Å². The number of hydrogen-bond acceptors (Lipinski definition) is 4. The lowest BCUT2D eigenvalue weighted by molar-refractivity contribution is -0.142. The van der Waals surface area contributed by atoms with Gasteiger partial charge in [0, 0.05) is 23.3 Å². The summed E-state index contributed by atoms with van der Waals surface area (Å²) in [7, 11) is 0. The van der Waals surface area contributed by atoms with Crippen molar-refractivity contribution >= 4 is 35.0 Å². The molecule has 216 valence electrons. The molecule has 1 saturated carbocycles. The standard InChI is InChI=1S/C33H38ClN3O4/c1-19(2)21-12-14-23(15-13-21)35-30(38)27-26-16-17-33(41-26)28(27)32(40)37(18-22-9-5-6-10-24(22)34)29(33)31(39)36-25-11-7-4-8-20(25)3/h5-6,9-10,12-17,19-20,25-29H,4,7-8,11,18H2,1-3H3,(H,35,38)(H,36,39)/t20?,25?,26-,27?,28-,29?,33?/m0/s1. The minimum absolute atomic E-state index is 0.0412. The molecular formula is C33H38ClN3O4. The molecule has 5 unspecified atom stereocenters. The van der Waals surface area contributed by atoms with Crippen LogP contribution in [0.3, 0.4) is 0 Å². The highest BCUT2D eigenvalue weighted by Gasteiger charge is 2.72. The second-order valence-electron chi connectivity index (χ2n) is 12.4. The second kappa shape index (κ2) is 10.9. The normalized spacial score (nSPS) is 31.9. The van der Waals surface area contributed by atoms with Crippen molar-refractivity contribution in [2.45, 2.75) is 82.7 Å². The molecule has 3 aliphatic heterocycles. The first-order valence-electron chi connectivity index (χ1n) is 14.8. The molecule has 2 bridgehead atoms. The lowest BCUT2D eigenvalue weighted by Gasteiger charge is -2.36. The van der Waals surface area contributed by atoms with E-state index in [1.807, 2.05) is 54.6 Å². The third-order valence-corrected chi connectivity index (χ3v) is 9.88. The number of nitrogens with zero attached hydrogens (tertiary/aromatic N) is 1. The van der Waals surface area contributed by atoms with Gasteiger partial charge in [0.05, 0.1) is 17.9 Å². The number of benzene rings is 2. The lowest BCUT2D eigenvalue weighted by Crippen LogP contribution is -2.57. The topological polar surface area (TPSA) is 87.7 Å². The smallest absolute Gasteiger partial charge is 0.246 e. The first-order valence-corrected chi connectivity index (χ1v) is 15.2. The molecule has 3 amide bonds. The minimum Gasteiger partial charge on any atom is -0.359 e. The van der Waals surface area contributed by atoms with E-state index in [-0.39, 0.29) is 30.3 Å². The van der Waals surface area contributed by atoms with E-state index in [2.05, 4.69) is 31.4 Å². The van der Waals surface area contributed by atoms with Crippen molar-refractivity contribution in [2.75, 3.05) is 5.32 Å². The summed E-state index contributed by atoms with van der Waals surface area (Å²) < 4.78 is 6.50. The fourth-order valence-corrected chi connectivity index (χ4v) is 7.41. The van der Waals surface area contributed by atoms with Crippen molar-refractivity contribution in [2.24, 2.45) is 17.8 Å². The molecule has 2 aromatic rings. The maximum Gasteiger partial charge on any atom is 0.246 e. The van der Waals surface area contributed by atoms with Gasteiger partial charge in [0.15, 0.2) is 0 Å². The van der Waals surface area contributed by atoms with Crippen molar-refractivity contribution in [3.8, 4) is 0 Å². The largest absolute Gasteiger partial charge is 0.359 e. The van der Waals surface area contributed by atoms with E-state index in [1.165, 1.54) is 5.56 Å². The van der Waals surface area contributed by atoms with E-state index in [1.54, 1.807) is 11.0 Å². The molecule has 0 aromatic heterocycles. The molecule has 7 atom stereocenters. The summed E-state index contributed by atoms with van der Waals surface area (Å²) in [6, 6.07) is 14.2. The number of carbonyl (C=O) groups excluding carboxylic acids is 3. The highest BCUT2D eigenvalue weighted by atomic mass is 35.5. The number of carbonyl (C=O) groups is 3. The number of nitrogens with one attached hydrogen (secondary N) is 2. The Morgan fingerprint density at radius 3 is 2.51 bits per heavy atom. The number of likely N-dealkylation sites (tertiary alicyclic amines) is 1. The van der Waals surface area contributed by atoms with Crippen LogP contribution in [0.15, 0.2) is 60.7 Å². The number of amides is 3. The molecule has 4 aliphatic rings. The molecule has 8 heteroatoms. The average Bonchev–Trinajstić information content (AvgIpc) is 3.59. The third kappa shape index (κ3) is 4.87. The third-order valence-electron chi connectivity index (χ3n) is 9.51. The van der Waals surface area contributed by atoms with Crippen LogP contribution in [0, 0.1) is 17.8 Å². The number of hydrogen-bond donors (Lipinski definition) is 2. The van der Waals surface area contributed by atoms with Gasteiger partial charge in [-0.2, -0.15) is 0 Å². The van der Waals surface area contributed by atoms with Gasteiger partial charge in [0.25, 0.3) is 0 Å². The summed E-state index contributed by atoms with van der Waals surface area (Å²) in [6.07, 6.45) is 7.31. The van der Waals surface area contributed by atoms with E-state index in [9.17, 15) is 14.4 Å². The zero-order valence-electron chi connectivity index (χ0n) is 23.8. The second-order valence-corrected chi connectivity index (χ2v) is 12.8. The molecular weight excluding hydrogens is 538 g/mol. The number of halogens is 1. The quantitative estimate of drug-likeness (QED) is 0.430. The molecule has 7 nitrogen and oxygen atoms in total. The SMILES string of the molecule is CC(C)c1ccc(NC(=O)C2[C@@H]3C=CC4(O3)C(C(=O)NC3CCCCC3C)N(Cc3ccccc3Cl)C(=O)[C@H]24)cc1. The molecule has 0 radical (unpaired) electrons. The van der Waals surface area contributed by atoms with Crippen molar-refractivity contribution in [1.82, 2.24) is 10.2 Å². The van der Waals surface area contributed by atoms with E-state index in [0.29, 0.717) is 22.5 Å². The summed E-state index contributed by atoms with van der Waals surface area (Å²) in [4.78, 5) is 43.7. The van der Waals surface area contributed by atoms with Crippen LogP contribution < -0.4 is 10.6 Å². The van der Waals surface area contributed by atoms with Gasteiger partial charge in [-0.25, -0.2) is 0 Å². The van der Waals surface area contributed by atoms with Crippen LogP contribution in [0.1, 0.15) is 63.5 Å². The van der Waals surface area contributed by atoms with Crippen LogP contribution in [0.2, 0.25) is 5.02 Å². The highest BCUT2D eigenvalue weighted by molar-refractivity contribution is 6.31. The molecule has 2 aromatic carbocycles. The van der Waals surface area contributed by atoms with Gasteiger partial charge in [-0.15, -0.1) is 0 Å².